The number of hydrogen-bond acceptors (Lipinski definition) is 2. The molecule has 0 aliphatic carbocycles. The lowest BCUT2D eigenvalue weighted by molar-refractivity contribution is 0.305. The minimum absolute atomic E-state index is 0.383. The summed E-state index contributed by atoms with van der Waals surface area (Å²) >= 11 is 6.06. The molecule has 0 aliphatic rings. The minimum atomic E-state index is 0.383. The summed E-state index contributed by atoms with van der Waals surface area (Å²) in [4.78, 5) is 0. The number of nitrogens with zero attached hydrogens (tertiary/aromatic N) is 1. The first kappa shape index (κ1) is 13.5. The van der Waals surface area contributed by atoms with E-state index in [2.05, 4.69) is 13.0 Å². The van der Waals surface area contributed by atoms with E-state index in [9.17, 15) is 0 Å². The van der Waals surface area contributed by atoms with Crippen molar-refractivity contribution in [1.29, 1.82) is 5.26 Å². The summed E-state index contributed by atoms with van der Waals surface area (Å²) < 4.78 is 5.72. The lowest BCUT2D eigenvalue weighted by Crippen LogP contribution is -1.98. The summed E-state index contributed by atoms with van der Waals surface area (Å²) in [5.74, 6) is 0.772. The zero-order valence-corrected chi connectivity index (χ0v) is 11.4. The van der Waals surface area contributed by atoms with Crippen LogP contribution in [0.25, 0.3) is 0 Å². The van der Waals surface area contributed by atoms with Crippen LogP contribution in [0.15, 0.2) is 42.5 Å². The van der Waals surface area contributed by atoms with Crippen LogP contribution >= 0.6 is 11.6 Å². The van der Waals surface area contributed by atoms with Crippen LogP contribution in [0, 0.1) is 11.3 Å². The fraction of sp³-hybridized carbons (Fsp3) is 0.188. The Morgan fingerprint density at radius 2 is 1.95 bits per heavy atom. The first-order valence-electron chi connectivity index (χ1n) is 6.13. The topological polar surface area (TPSA) is 33.0 Å². The number of halogens is 1. The van der Waals surface area contributed by atoms with Gasteiger partial charge in [-0.2, -0.15) is 5.26 Å². The Morgan fingerprint density at radius 1 is 1.16 bits per heavy atom. The number of rotatable bonds is 4. The van der Waals surface area contributed by atoms with Crippen LogP contribution in [0.5, 0.6) is 5.75 Å². The number of aryl methyl sites for hydroxylation is 1. The van der Waals surface area contributed by atoms with E-state index in [0.29, 0.717) is 12.2 Å². The Bertz CT molecular complexity index is 616. The first-order chi connectivity index (χ1) is 9.24. The summed E-state index contributed by atoms with van der Waals surface area (Å²) in [5.41, 5.74) is 2.60. The minimum Gasteiger partial charge on any atom is -0.489 e. The molecule has 0 aromatic heterocycles. The Labute approximate surface area is 118 Å². The number of nitriles is 1. The average molecular weight is 272 g/mol. The van der Waals surface area contributed by atoms with Crippen LogP contribution in [-0.4, -0.2) is 0 Å². The fourth-order valence-electron chi connectivity index (χ4n) is 1.83. The highest BCUT2D eigenvalue weighted by Crippen LogP contribution is 2.23. The summed E-state index contributed by atoms with van der Waals surface area (Å²) in [6.45, 7) is 2.44. The second kappa shape index (κ2) is 6.26. The smallest absolute Gasteiger partial charge is 0.120 e. The van der Waals surface area contributed by atoms with Gasteiger partial charge in [0.05, 0.1) is 11.6 Å². The van der Waals surface area contributed by atoms with Crippen molar-refractivity contribution in [2.24, 2.45) is 0 Å². The SMILES string of the molecule is CCc1cc(OCc2ccccc2C#N)ccc1Cl. The van der Waals surface area contributed by atoms with Crippen LogP contribution in [0.3, 0.4) is 0 Å². The molecule has 3 heteroatoms. The third-order valence-electron chi connectivity index (χ3n) is 2.93. The van der Waals surface area contributed by atoms with Crippen LogP contribution < -0.4 is 4.74 Å². The van der Waals surface area contributed by atoms with Gasteiger partial charge in [-0.1, -0.05) is 36.7 Å². The third-order valence-corrected chi connectivity index (χ3v) is 3.30. The van der Waals surface area contributed by atoms with E-state index < -0.39 is 0 Å². The molecule has 19 heavy (non-hydrogen) atoms. The molecule has 0 aliphatic heterocycles. The van der Waals surface area contributed by atoms with Gasteiger partial charge in [-0.05, 0) is 36.2 Å². The van der Waals surface area contributed by atoms with E-state index in [4.69, 9.17) is 21.6 Å². The molecule has 0 N–H and O–H groups in total. The van der Waals surface area contributed by atoms with Gasteiger partial charge < -0.3 is 4.74 Å². The maximum Gasteiger partial charge on any atom is 0.120 e. The van der Waals surface area contributed by atoms with E-state index >= 15 is 0 Å². The predicted molar refractivity (Wildman–Crippen MR) is 76.3 cm³/mol. The van der Waals surface area contributed by atoms with E-state index in [1.807, 2.05) is 36.4 Å². The van der Waals surface area contributed by atoms with E-state index in [0.717, 1.165) is 28.3 Å². The molecule has 0 radical (unpaired) electrons. The van der Waals surface area contributed by atoms with E-state index in [-0.39, 0.29) is 0 Å². The molecule has 0 saturated heterocycles. The summed E-state index contributed by atoms with van der Waals surface area (Å²) in [6, 6.07) is 15.2. The molecule has 2 aromatic rings. The predicted octanol–water partition coefficient (Wildman–Crippen LogP) is 4.35. The summed E-state index contributed by atoms with van der Waals surface area (Å²) in [7, 11) is 0. The summed E-state index contributed by atoms with van der Waals surface area (Å²) in [5, 5.41) is 9.77. The highest BCUT2D eigenvalue weighted by molar-refractivity contribution is 6.31. The van der Waals surface area contributed by atoms with Crippen molar-refractivity contribution in [2.45, 2.75) is 20.0 Å². The van der Waals surface area contributed by atoms with Crippen molar-refractivity contribution in [3.05, 3.63) is 64.2 Å². The van der Waals surface area contributed by atoms with Gasteiger partial charge in [-0.3, -0.25) is 0 Å². The molecular formula is C16H14ClNO. The number of benzene rings is 2. The molecule has 0 bridgehead atoms. The van der Waals surface area contributed by atoms with Crippen LogP contribution in [0.4, 0.5) is 0 Å². The zero-order chi connectivity index (χ0) is 13.7. The molecule has 0 spiro atoms. The van der Waals surface area contributed by atoms with Gasteiger partial charge in [0.1, 0.15) is 12.4 Å². The molecule has 2 nitrogen and oxygen atoms in total. The third kappa shape index (κ3) is 3.27. The molecule has 0 saturated carbocycles. The lowest BCUT2D eigenvalue weighted by atomic mass is 10.1. The standard InChI is InChI=1S/C16H14ClNO/c1-2-12-9-15(7-8-16(12)17)19-11-14-6-4-3-5-13(14)10-18/h3-9H,2,11H2,1H3. The van der Waals surface area contributed by atoms with Crippen molar-refractivity contribution in [1.82, 2.24) is 0 Å². The van der Waals surface area contributed by atoms with Gasteiger partial charge in [-0.25, -0.2) is 0 Å². The molecule has 96 valence electrons. The quantitative estimate of drug-likeness (QED) is 0.828. The Kier molecular flexibility index (Phi) is 4.43. The maximum atomic E-state index is 9.01. The molecular weight excluding hydrogens is 258 g/mol. The molecule has 2 aromatic carbocycles. The van der Waals surface area contributed by atoms with Crippen LogP contribution in [0.2, 0.25) is 5.02 Å². The molecule has 0 amide bonds. The monoisotopic (exact) mass is 271 g/mol. The molecule has 0 heterocycles. The van der Waals surface area contributed by atoms with Crippen LogP contribution in [-0.2, 0) is 13.0 Å². The fourth-order valence-corrected chi connectivity index (χ4v) is 2.08. The lowest BCUT2D eigenvalue weighted by Gasteiger charge is -2.09. The molecule has 0 fully saturated rings. The zero-order valence-electron chi connectivity index (χ0n) is 10.7. The average Bonchev–Trinajstić information content (AvgIpc) is 2.46. The van der Waals surface area contributed by atoms with Gasteiger partial charge in [0.25, 0.3) is 0 Å². The Hall–Kier alpha value is -1.98. The number of hydrogen-bond donors (Lipinski definition) is 0. The van der Waals surface area contributed by atoms with E-state index in [1.165, 1.54) is 0 Å². The number of ether oxygens (including phenoxy) is 1. The van der Waals surface area contributed by atoms with E-state index in [1.54, 1.807) is 6.07 Å². The van der Waals surface area contributed by atoms with Gasteiger partial charge in [0.2, 0.25) is 0 Å². The largest absolute Gasteiger partial charge is 0.489 e. The Morgan fingerprint density at radius 3 is 2.68 bits per heavy atom. The van der Waals surface area contributed by atoms with Gasteiger partial charge >= 0.3 is 0 Å². The van der Waals surface area contributed by atoms with Crippen molar-refractivity contribution in [3.63, 3.8) is 0 Å². The highest BCUT2D eigenvalue weighted by Gasteiger charge is 2.04. The Balaban J connectivity index is 2.13. The summed E-state index contributed by atoms with van der Waals surface area (Å²) in [6.07, 6.45) is 0.866. The van der Waals surface area contributed by atoms with Crippen LogP contribution in [0.1, 0.15) is 23.6 Å². The van der Waals surface area contributed by atoms with Gasteiger partial charge in [0, 0.05) is 10.6 Å². The second-order valence-corrected chi connectivity index (χ2v) is 4.57. The van der Waals surface area contributed by atoms with Crippen molar-refractivity contribution in [3.8, 4) is 11.8 Å². The van der Waals surface area contributed by atoms with Crippen molar-refractivity contribution in [2.75, 3.05) is 0 Å². The highest BCUT2D eigenvalue weighted by atomic mass is 35.5. The molecule has 2 rings (SSSR count). The maximum absolute atomic E-state index is 9.01. The van der Waals surface area contributed by atoms with Gasteiger partial charge in [0.15, 0.2) is 0 Å². The van der Waals surface area contributed by atoms with Crippen molar-refractivity contribution >= 4 is 11.6 Å². The molecule has 0 unspecified atom stereocenters. The first-order valence-corrected chi connectivity index (χ1v) is 6.51. The van der Waals surface area contributed by atoms with Crippen molar-refractivity contribution < 1.29 is 4.74 Å². The normalized spacial score (nSPS) is 9.95. The second-order valence-electron chi connectivity index (χ2n) is 4.16. The molecule has 0 atom stereocenters. The van der Waals surface area contributed by atoms with Gasteiger partial charge in [-0.15, -0.1) is 0 Å².